The molecule has 2 unspecified atom stereocenters. The van der Waals surface area contributed by atoms with Gasteiger partial charge in [-0.05, 0) is 30.4 Å². The summed E-state index contributed by atoms with van der Waals surface area (Å²) in [5.74, 6) is -0.135. The highest BCUT2D eigenvalue weighted by Gasteiger charge is 2.16. The maximum atomic E-state index is 11.5. The van der Waals surface area contributed by atoms with Crippen LogP contribution in [0.5, 0.6) is 0 Å². The predicted octanol–water partition coefficient (Wildman–Crippen LogP) is 3.79. The van der Waals surface area contributed by atoms with E-state index in [1.54, 1.807) is 6.92 Å². The summed E-state index contributed by atoms with van der Waals surface area (Å²) in [5.41, 5.74) is 2.53. The summed E-state index contributed by atoms with van der Waals surface area (Å²) in [6.45, 7) is 10.2. The van der Waals surface area contributed by atoms with Crippen molar-refractivity contribution < 1.29 is 4.79 Å². The van der Waals surface area contributed by atoms with Gasteiger partial charge in [0, 0.05) is 0 Å². The van der Waals surface area contributed by atoms with Gasteiger partial charge in [-0.25, -0.2) is 0 Å². The van der Waals surface area contributed by atoms with E-state index in [-0.39, 0.29) is 17.4 Å². The summed E-state index contributed by atoms with van der Waals surface area (Å²) < 4.78 is 0. The molecular weight excluding hydrogens is 246 g/mol. The third kappa shape index (κ3) is 4.02. The zero-order valence-electron chi connectivity index (χ0n) is 11.8. The lowest BCUT2D eigenvalue weighted by Crippen LogP contribution is -2.31. The zero-order valence-corrected chi connectivity index (χ0v) is 12.5. The summed E-state index contributed by atoms with van der Waals surface area (Å²) in [6.07, 6.45) is 0. The third-order valence-corrected chi connectivity index (χ3v) is 3.19. The maximum Gasteiger partial charge on any atom is 0.238 e. The molecule has 18 heavy (non-hydrogen) atoms. The van der Waals surface area contributed by atoms with E-state index in [0.717, 1.165) is 5.56 Å². The van der Waals surface area contributed by atoms with Crippen molar-refractivity contribution in [1.82, 2.24) is 5.32 Å². The zero-order chi connectivity index (χ0) is 13.9. The molecule has 1 N–H and O–H groups in total. The molecule has 0 saturated carbocycles. The van der Waals surface area contributed by atoms with Crippen molar-refractivity contribution in [1.29, 1.82) is 0 Å². The van der Waals surface area contributed by atoms with Crippen LogP contribution in [0, 0.1) is 0 Å². The second kappa shape index (κ2) is 5.75. The number of benzene rings is 1. The fourth-order valence-electron chi connectivity index (χ4n) is 1.68. The van der Waals surface area contributed by atoms with Crippen molar-refractivity contribution in [3.8, 4) is 0 Å². The van der Waals surface area contributed by atoms with Crippen molar-refractivity contribution in [3.05, 3.63) is 35.4 Å². The van der Waals surface area contributed by atoms with Crippen LogP contribution < -0.4 is 5.32 Å². The van der Waals surface area contributed by atoms with Crippen LogP contribution in [-0.4, -0.2) is 11.3 Å². The molecule has 0 aromatic heterocycles. The van der Waals surface area contributed by atoms with Crippen LogP contribution in [0.2, 0.25) is 0 Å². The quantitative estimate of drug-likeness (QED) is 0.830. The van der Waals surface area contributed by atoms with Gasteiger partial charge in [0.2, 0.25) is 5.91 Å². The maximum absolute atomic E-state index is 11.5. The number of carbonyl (C=O) groups is 1. The molecule has 1 rings (SSSR count). The van der Waals surface area contributed by atoms with Gasteiger partial charge in [-0.3, -0.25) is 4.79 Å². The Labute approximate surface area is 115 Å². The molecule has 1 aromatic rings. The Kier molecular flexibility index (Phi) is 4.80. The summed E-state index contributed by atoms with van der Waals surface area (Å²) in [7, 11) is 0. The Bertz CT molecular complexity index is 403. The molecule has 0 spiro atoms. The molecule has 3 heteroatoms. The molecule has 1 amide bonds. The average Bonchev–Trinajstić information content (AvgIpc) is 2.27. The Morgan fingerprint density at radius 1 is 1.17 bits per heavy atom. The fraction of sp³-hybridized carbons (Fsp3) is 0.533. The van der Waals surface area contributed by atoms with Gasteiger partial charge in [0.1, 0.15) is 5.38 Å². The van der Waals surface area contributed by atoms with E-state index in [9.17, 15) is 4.79 Å². The van der Waals surface area contributed by atoms with Crippen LogP contribution in [0.25, 0.3) is 0 Å². The number of hydrogen-bond acceptors (Lipinski definition) is 1. The molecule has 100 valence electrons. The molecule has 0 radical (unpaired) electrons. The molecule has 0 saturated heterocycles. The number of halogens is 1. The summed E-state index contributed by atoms with van der Waals surface area (Å²) in [6, 6.07) is 8.33. The van der Waals surface area contributed by atoms with Crippen LogP contribution in [0.3, 0.4) is 0 Å². The van der Waals surface area contributed by atoms with E-state index in [1.807, 2.05) is 6.92 Å². The van der Waals surface area contributed by atoms with E-state index in [4.69, 9.17) is 11.6 Å². The molecular formula is C15H22ClNO. The van der Waals surface area contributed by atoms with Gasteiger partial charge in [-0.15, -0.1) is 11.6 Å². The molecule has 2 nitrogen and oxygen atoms in total. The van der Waals surface area contributed by atoms with Crippen molar-refractivity contribution in [2.45, 2.75) is 51.5 Å². The number of nitrogens with one attached hydrogen (secondary N) is 1. The lowest BCUT2D eigenvalue weighted by Gasteiger charge is -2.21. The SMILES string of the molecule is CC(Cl)C(=O)NC(C)c1ccc(C(C)(C)C)cc1. The fourth-order valence-corrected chi connectivity index (χ4v) is 1.75. The number of carbonyl (C=O) groups excluding carboxylic acids is 1. The Morgan fingerprint density at radius 3 is 2.06 bits per heavy atom. The summed E-state index contributed by atoms with van der Waals surface area (Å²) >= 11 is 5.73. The van der Waals surface area contributed by atoms with Crippen molar-refractivity contribution in [2.75, 3.05) is 0 Å². The minimum atomic E-state index is -0.499. The standard InChI is InChI=1S/C15H22ClNO/c1-10(16)14(18)17-11(2)12-6-8-13(9-7-12)15(3,4)5/h6-11H,1-5H3,(H,17,18). The van der Waals surface area contributed by atoms with Crippen molar-refractivity contribution in [2.24, 2.45) is 0 Å². The lowest BCUT2D eigenvalue weighted by molar-refractivity contribution is -0.121. The van der Waals surface area contributed by atoms with Gasteiger partial charge >= 0.3 is 0 Å². The van der Waals surface area contributed by atoms with E-state index in [0.29, 0.717) is 0 Å². The normalized spacial score (nSPS) is 15.0. The predicted molar refractivity (Wildman–Crippen MR) is 77.0 cm³/mol. The van der Waals surface area contributed by atoms with Gasteiger partial charge in [0.25, 0.3) is 0 Å². The molecule has 1 aromatic carbocycles. The first-order valence-electron chi connectivity index (χ1n) is 6.26. The second-order valence-electron chi connectivity index (χ2n) is 5.72. The van der Waals surface area contributed by atoms with Gasteiger partial charge in [-0.2, -0.15) is 0 Å². The second-order valence-corrected chi connectivity index (χ2v) is 6.37. The molecule has 0 aliphatic heterocycles. The van der Waals surface area contributed by atoms with Crippen LogP contribution in [0.15, 0.2) is 24.3 Å². The molecule has 0 fully saturated rings. The van der Waals surface area contributed by atoms with E-state index in [1.165, 1.54) is 5.56 Å². The number of hydrogen-bond donors (Lipinski definition) is 1. The number of rotatable bonds is 3. The Balaban J connectivity index is 2.76. The summed E-state index contributed by atoms with van der Waals surface area (Å²) in [4.78, 5) is 11.5. The van der Waals surface area contributed by atoms with Gasteiger partial charge < -0.3 is 5.32 Å². The van der Waals surface area contributed by atoms with E-state index < -0.39 is 5.38 Å². The number of amides is 1. The average molecular weight is 268 g/mol. The highest BCUT2D eigenvalue weighted by molar-refractivity contribution is 6.30. The monoisotopic (exact) mass is 267 g/mol. The summed E-state index contributed by atoms with van der Waals surface area (Å²) in [5, 5.41) is 2.38. The van der Waals surface area contributed by atoms with Crippen LogP contribution in [-0.2, 0) is 10.2 Å². The minimum Gasteiger partial charge on any atom is -0.348 e. The molecule has 0 heterocycles. The van der Waals surface area contributed by atoms with Crippen molar-refractivity contribution in [3.63, 3.8) is 0 Å². The topological polar surface area (TPSA) is 29.1 Å². The van der Waals surface area contributed by atoms with Gasteiger partial charge in [0.15, 0.2) is 0 Å². The van der Waals surface area contributed by atoms with Crippen LogP contribution >= 0.6 is 11.6 Å². The first kappa shape index (κ1) is 15.0. The molecule has 2 atom stereocenters. The first-order valence-corrected chi connectivity index (χ1v) is 6.70. The molecule has 0 aliphatic rings. The van der Waals surface area contributed by atoms with Gasteiger partial charge in [0.05, 0.1) is 6.04 Å². The molecule has 0 aliphatic carbocycles. The smallest absolute Gasteiger partial charge is 0.238 e. The highest BCUT2D eigenvalue weighted by Crippen LogP contribution is 2.23. The van der Waals surface area contributed by atoms with E-state index in [2.05, 4.69) is 50.4 Å². The van der Waals surface area contributed by atoms with Gasteiger partial charge in [-0.1, -0.05) is 45.0 Å². The Morgan fingerprint density at radius 2 is 1.67 bits per heavy atom. The van der Waals surface area contributed by atoms with Crippen LogP contribution in [0.4, 0.5) is 0 Å². The number of alkyl halides is 1. The van der Waals surface area contributed by atoms with Crippen LogP contribution in [0.1, 0.15) is 51.8 Å². The Hall–Kier alpha value is -1.02. The lowest BCUT2D eigenvalue weighted by atomic mass is 9.86. The highest BCUT2D eigenvalue weighted by atomic mass is 35.5. The van der Waals surface area contributed by atoms with E-state index >= 15 is 0 Å². The third-order valence-electron chi connectivity index (χ3n) is 3.00. The van der Waals surface area contributed by atoms with Crippen molar-refractivity contribution >= 4 is 17.5 Å². The first-order chi connectivity index (χ1) is 8.21. The minimum absolute atomic E-state index is 0.0206. The molecule has 0 bridgehead atoms. The largest absolute Gasteiger partial charge is 0.348 e.